The third-order valence-electron chi connectivity index (χ3n) is 7.20. The van der Waals surface area contributed by atoms with Crippen LogP contribution in [0.3, 0.4) is 0 Å². The van der Waals surface area contributed by atoms with E-state index in [1.807, 2.05) is 16.9 Å². The first-order chi connectivity index (χ1) is 18.3. The molecule has 3 aromatic heterocycles. The fourth-order valence-corrected chi connectivity index (χ4v) is 5.43. The quantitative estimate of drug-likeness (QED) is 0.264. The van der Waals surface area contributed by atoms with Crippen molar-refractivity contribution in [3.63, 3.8) is 0 Å². The Hall–Kier alpha value is -4.61. The molecule has 0 aliphatic heterocycles. The lowest BCUT2D eigenvalue weighted by molar-refractivity contribution is 0.278. The number of hydrogen-bond donors (Lipinski definition) is 2. The van der Waals surface area contributed by atoms with E-state index >= 15 is 0 Å². The second-order valence-electron chi connectivity index (χ2n) is 9.41. The highest BCUT2D eigenvalue weighted by Crippen LogP contribution is 2.40. The molecular formula is C32H26N4O. The van der Waals surface area contributed by atoms with Crippen LogP contribution in [-0.2, 0) is 6.54 Å². The van der Waals surface area contributed by atoms with E-state index in [9.17, 15) is 5.11 Å². The lowest BCUT2D eigenvalue weighted by Crippen LogP contribution is -2.01. The van der Waals surface area contributed by atoms with Crippen molar-refractivity contribution in [3.05, 3.63) is 110 Å². The van der Waals surface area contributed by atoms with Gasteiger partial charge in [0.25, 0.3) is 0 Å². The number of nitrogens with one attached hydrogen (secondary N) is 1. The number of aryl methyl sites for hydroxylation is 1. The van der Waals surface area contributed by atoms with Gasteiger partial charge in [0.15, 0.2) is 0 Å². The van der Waals surface area contributed by atoms with Crippen molar-refractivity contribution in [3.8, 4) is 28.1 Å². The fraction of sp³-hybridized carbons (Fsp3) is 0.0938. The Bertz CT molecular complexity index is 1890. The molecule has 5 heteroatoms. The monoisotopic (exact) mass is 482 g/mol. The first kappa shape index (κ1) is 21.7. The molecule has 4 aromatic carbocycles. The summed E-state index contributed by atoms with van der Waals surface area (Å²) >= 11 is 0. The molecule has 7 aromatic rings. The zero-order valence-electron chi connectivity index (χ0n) is 20.3. The van der Waals surface area contributed by atoms with Crippen LogP contribution in [0.25, 0.3) is 60.6 Å². The lowest BCUT2D eigenvalue weighted by Gasteiger charge is -2.07. The molecule has 0 saturated carbocycles. The maximum absolute atomic E-state index is 9.39. The number of para-hydroxylation sites is 2. The predicted octanol–water partition coefficient (Wildman–Crippen LogP) is 7.18. The number of hydrogen-bond acceptors (Lipinski definition) is 2. The van der Waals surface area contributed by atoms with Gasteiger partial charge in [-0.25, -0.2) is 0 Å². The number of H-pyrrole nitrogens is 1. The maximum atomic E-state index is 9.39. The van der Waals surface area contributed by atoms with Crippen molar-refractivity contribution >= 4 is 32.6 Å². The lowest BCUT2D eigenvalue weighted by atomic mass is 10.0. The van der Waals surface area contributed by atoms with Crippen LogP contribution in [0.15, 0.2) is 110 Å². The average molecular weight is 483 g/mol. The number of nitrogens with zero attached hydrogens (tertiary/aromatic N) is 3. The molecule has 0 spiro atoms. The highest BCUT2D eigenvalue weighted by Gasteiger charge is 2.20. The van der Waals surface area contributed by atoms with Crippen molar-refractivity contribution in [2.45, 2.75) is 13.0 Å². The van der Waals surface area contributed by atoms with Gasteiger partial charge in [-0.3, -0.25) is 4.68 Å². The third-order valence-corrected chi connectivity index (χ3v) is 7.20. The molecule has 0 unspecified atom stereocenters. The number of rotatable bonds is 6. The Kier molecular flexibility index (Phi) is 5.15. The number of aliphatic hydroxyl groups is 1. The largest absolute Gasteiger partial charge is 0.396 e. The van der Waals surface area contributed by atoms with Crippen molar-refractivity contribution in [2.24, 2.45) is 0 Å². The molecule has 0 saturated heterocycles. The molecule has 0 aliphatic rings. The normalized spacial score (nSPS) is 11.7. The Balaban J connectivity index is 1.42. The fourth-order valence-electron chi connectivity index (χ4n) is 5.43. The summed E-state index contributed by atoms with van der Waals surface area (Å²) in [7, 11) is 0. The number of fused-ring (bicyclic) bond motifs is 3. The van der Waals surface area contributed by atoms with Gasteiger partial charge in [-0.15, -0.1) is 0 Å². The first-order valence-corrected chi connectivity index (χ1v) is 12.6. The summed E-state index contributed by atoms with van der Waals surface area (Å²) < 4.78 is 4.29. The molecule has 5 nitrogen and oxygen atoms in total. The van der Waals surface area contributed by atoms with Crippen LogP contribution in [0, 0.1) is 0 Å². The minimum atomic E-state index is 0.146. The predicted molar refractivity (Wildman–Crippen MR) is 151 cm³/mol. The smallest absolute Gasteiger partial charge is 0.102 e. The summed E-state index contributed by atoms with van der Waals surface area (Å²) in [6, 6.07) is 32.0. The van der Waals surface area contributed by atoms with Crippen molar-refractivity contribution < 1.29 is 5.11 Å². The van der Waals surface area contributed by atoms with Gasteiger partial charge in [-0.05, 0) is 41.5 Å². The van der Waals surface area contributed by atoms with E-state index in [4.69, 9.17) is 5.10 Å². The third kappa shape index (κ3) is 3.55. The molecule has 0 bridgehead atoms. The summed E-state index contributed by atoms with van der Waals surface area (Å²) in [5.74, 6) is 0. The van der Waals surface area contributed by atoms with Crippen LogP contribution in [0.4, 0.5) is 0 Å². The minimum absolute atomic E-state index is 0.146. The van der Waals surface area contributed by atoms with Crippen LogP contribution >= 0.6 is 0 Å². The van der Waals surface area contributed by atoms with E-state index < -0.39 is 0 Å². The zero-order chi connectivity index (χ0) is 24.8. The van der Waals surface area contributed by atoms with Gasteiger partial charge < -0.3 is 14.7 Å². The number of aliphatic hydroxyl groups excluding tert-OH is 1. The summed E-state index contributed by atoms with van der Waals surface area (Å²) in [4.78, 5) is 3.35. The van der Waals surface area contributed by atoms with E-state index in [1.165, 1.54) is 21.7 Å². The Morgan fingerprint density at radius 3 is 2.30 bits per heavy atom. The van der Waals surface area contributed by atoms with Crippen molar-refractivity contribution in [2.75, 3.05) is 6.61 Å². The highest BCUT2D eigenvalue weighted by molar-refractivity contribution is 6.04. The second kappa shape index (κ2) is 8.80. The molecular weight excluding hydrogens is 456 g/mol. The molecule has 3 heterocycles. The first-order valence-electron chi connectivity index (χ1n) is 12.6. The number of aromatic nitrogens is 4. The van der Waals surface area contributed by atoms with Gasteiger partial charge in [-0.2, -0.15) is 5.10 Å². The SMILES string of the molecule is OCCCn1nc(-c2c[nH]cc2-c2cn(-c3ccc4ccccc4c3)c3ccccc23)c2ccccc21. The zero-order valence-corrected chi connectivity index (χ0v) is 20.3. The maximum Gasteiger partial charge on any atom is 0.102 e. The van der Waals surface area contributed by atoms with Gasteiger partial charge in [0.05, 0.1) is 11.0 Å². The molecule has 0 aliphatic carbocycles. The van der Waals surface area contributed by atoms with Crippen LogP contribution in [0.2, 0.25) is 0 Å². The van der Waals surface area contributed by atoms with Crippen LogP contribution < -0.4 is 0 Å². The summed E-state index contributed by atoms with van der Waals surface area (Å²) in [6.07, 6.45) is 7.03. The second-order valence-corrected chi connectivity index (χ2v) is 9.41. The van der Waals surface area contributed by atoms with Crippen LogP contribution in [0.5, 0.6) is 0 Å². The molecule has 180 valence electrons. The Morgan fingerprint density at radius 2 is 1.43 bits per heavy atom. The minimum Gasteiger partial charge on any atom is -0.396 e. The van der Waals surface area contributed by atoms with Gasteiger partial charge in [-0.1, -0.05) is 66.7 Å². The number of aromatic amines is 1. The molecule has 0 fully saturated rings. The van der Waals surface area contributed by atoms with E-state index in [0.29, 0.717) is 13.0 Å². The highest BCUT2D eigenvalue weighted by atomic mass is 16.3. The molecule has 0 radical (unpaired) electrons. The van der Waals surface area contributed by atoms with Gasteiger partial charge in [0, 0.05) is 64.9 Å². The topological polar surface area (TPSA) is 58.8 Å². The molecule has 2 N–H and O–H groups in total. The summed E-state index contributed by atoms with van der Waals surface area (Å²) in [5, 5.41) is 19.2. The van der Waals surface area contributed by atoms with Crippen LogP contribution in [-0.4, -0.2) is 31.0 Å². The number of benzene rings is 4. The van der Waals surface area contributed by atoms with E-state index in [2.05, 4.69) is 107 Å². The molecule has 37 heavy (non-hydrogen) atoms. The van der Waals surface area contributed by atoms with Crippen LogP contribution in [0.1, 0.15) is 6.42 Å². The molecule has 7 rings (SSSR count). The van der Waals surface area contributed by atoms with Gasteiger partial charge in [0.1, 0.15) is 5.69 Å². The van der Waals surface area contributed by atoms with E-state index in [1.54, 1.807) is 0 Å². The van der Waals surface area contributed by atoms with Gasteiger partial charge in [0.2, 0.25) is 0 Å². The van der Waals surface area contributed by atoms with Crippen molar-refractivity contribution in [1.82, 2.24) is 19.3 Å². The van der Waals surface area contributed by atoms with E-state index in [-0.39, 0.29) is 6.61 Å². The standard InChI is InChI=1S/C32H26N4O/c37-17-7-16-36-31-13-6-4-11-26(31)32(34-36)28-20-33-19-27(28)29-21-35(30-12-5-3-10-25(29)30)24-15-14-22-8-1-2-9-23(22)18-24/h1-6,8-15,18-21,33,37H,7,16-17H2. The summed E-state index contributed by atoms with van der Waals surface area (Å²) in [6.45, 7) is 0.825. The van der Waals surface area contributed by atoms with Gasteiger partial charge >= 0.3 is 0 Å². The average Bonchev–Trinajstić information content (AvgIpc) is 3.67. The molecule has 0 amide bonds. The van der Waals surface area contributed by atoms with Crippen molar-refractivity contribution in [1.29, 1.82) is 0 Å². The summed E-state index contributed by atoms with van der Waals surface area (Å²) in [5.41, 5.74) is 7.68. The van der Waals surface area contributed by atoms with E-state index in [0.717, 1.165) is 39.0 Å². The molecule has 0 atom stereocenters. The Morgan fingerprint density at radius 1 is 0.703 bits per heavy atom. The Labute approximate surface area is 214 Å².